The highest BCUT2D eigenvalue weighted by Crippen LogP contribution is 2.25. The number of amides is 3. The number of urea groups is 1. The predicted octanol–water partition coefficient (Wildman–Crippen LogP) is 3.52. The first-order chi connectivity index (χ1) is 14.1. The van der Waals surface area contributed by atoms with Gasteiger partial charge in [0.2, 0.25) is 5.91 Å². The fourth-order valence-corrected chi connectivity index (χ4v) is 4.03. The van der Waals surface area contributed by atoms with Crippen molar-refractivity contribution in [1.82, 2.24) is 9.80 Å². The van der Waals surface area contributed by atoms with Crippen molar-refractivity contribution >= 4 is 17.6 Å². The highest BCUT2D eigenvalue weighted by molar-refractivity contribution is 5.97. The van der Waals surface area contributed by atoms with Crippen LogP contribution >= 0.6 is 0 Å². The first-order valence-electron chi connectivity index (χ1n) is 10.2. The van der Waals surface area contributed by atoms with Crippen LogP contribution in [0.1, 0.15) is 18.4 Å². The Labute approximate surface area is 171 Å². The number of anilines is 1. The van der Waals surface area contributed by atoms with E-state index in [1.165, 1.54) is 5.56 Å². The summed E-state index contributed by atoms with van der Waals surface area (Å²) >= 11 is 0. The Morgan fingerprint density at radius 1 is 1.00 bits per heavy atom. The van der Waals surface area contributed by atoms with Gasteiger partial charge in [-0.2, -0.15) is 0 Å². The lowest BCUT2D eigenvalue weighted by atomic mass is 10.0. The van der Waals surface area contributed by atoms with Crippen LogP contribution in [0.3, 0.4) is 0 Å². The van der Waals surface area contributed by atoms with Gasteiger partial charge in [0.25, 0.3) is 0 Å². The summed E-state index contributed by atoms with van der Waals surface area (Å²) in [6.45, 7) is 4.97. The number of nitrogens with zero attached hydrogens (tertiary/aromatic N) is 2. The summed E-state index contributed by atoms with van der Waals surface area (Å²) in [6, 6.07) is 15.7. The topological polar surface area (TPSA) is 61.9 Å². The van der Waals surface area contributed by atoms with E-state index in [9.17, 15) is 9.59 Å². The number of hydrogen-bond acceptors (Lipinski definition) is 3. The van der Waals surface area contributed by atoms with Gasteiger partial charge in [-0.05, 0) is 43.0 Å². The van der Waals surface area contributed by atoms with E-state index in [-0.39, 0.29) is 11.9 Å². The van der Waals surface area contributed by atoms with Crippen LogP contribution in [0.25, 0.3) is 11.1 Å². The molecule has 2 aromatic rings. The fraction of sp³-hybridized carbons (Fsp3) is 0.391. The van der Waals surface area contributed by atoms with E-state index < -0.39 is 6.04 Å². The largest absolute Gasteiger partial charge is 0.378 e. The molecule has 1 N–H and O–H groups in total. The van der Waals surface area contributed by atoms with E-state index in [1.54, 1.807) is 9.80 Å². The lowest BCUT2D eigenvalue weighted by Gasteiger charge is -2.33. The van der Waals surface area contributed by atoms with Gasteiger partial charge in [-0.3, -0.25) is 4.79 Å². The van der Waals surface area contributed by atoms with Crippen LogP contribution in [0.15, 0.2) is 48.5 Å². The van der Waals surface area contributed by atoms with Gasteiger partial charge >= 0.3 is 6.03 Å². The van der Waals surface area contributed by atoms with Gasteiger partial charge in [0.15, 0.2) is 0 Å². The van der Waals surface area contributed by atoms with Crippen LogP contribution in [-0.2, 0) is 9.53 Å². The number of ether oxygens (including phenoxy) is 1. The molecular weight excluding hydrogens is 366 g/mol. The Bertz CT molecular complexity index is 892. The third kappa shape index (κ3) is 4.43. The molecular formula is C23H27N3O3. The van der Waals surface area contributed by atoms with Crippen molar-refractivity contribution in [2.75, 3.05) is 38.2 Å². The molecule has 0 spiro atoms. The number of morpholine rings is 1. The molecule has 2 heterocycles. The molecule has 2 aromatic carbocycles. The van der Waals surface area contributed by atoms with Gasteiger partial charge in [-0.1, -0.05) is 42.0 Å². The maximum absolute atomic E-state index is 13.0. The third-order valence-electron chi connectivity index (χ3n) is 5.56. The Kier molecular flexibility index (Phi) is 5.81. The Balaban J connectivity index is 1.46. The SMILES string of the molecule is Cc1cccc(-c2cccc(NC(=O)[C@@H]3CCCN3C(=O)N3CCOCC3)c2)c1. The smallest absolute Gasteiger partial charge is 0.320 e. The summed E-state index contributed by atoms with van der Waals surface area (Å²) < 4.78 is 5.33. The second-order valence-corrected chi connectivity index (χ2v) is 7.67. The van der Waals surface area contributed by atoms with Gasteiger partial charge in [-0.25, -0.2) is 4.79 Å². The summed E-state index contributed by atoms with van der Waals surface area (Å²) in [5.74, 6) is -0.120. The molecule has 0 aliphatic carbocycles. The first kappa shape index (κ1) is 19.5. The van der Waals surface area contributed by atoms with E-state index in [0.29, 0.717) is 39.3 Å². The minimum atomic E-state index is -0.423. The standard InChI is InChI=1S/C23H27N3O3/c1-17-5-2-6-18(15-17)19-7-3-8-20(16-19)24-22(27)21-9-4-10-26(21)23(28)25-11-13-29-14-12-25/h2-3,5-8,15-16,21H,4,9-14H2,1H3,(H,24,27)/t21-/m0/s1. The van der Waals surface area contributed by atoms with Gasteiger partial charge in [-0.15, -0.1) is 0 Å². The van der Waals surface area contributed by atoms with Crippen molar-refractivity contribution in [1.29, 1.82) is 0 Å². The number of hydrogen-bond donors (Lipinski definition) is 1. The molecule has 152 valence electrons. The molecule has 1 atom stereocenters. The van der Waals surface area contributed by atoms with Crippen LogP contribution in [0.2, 0.25) is 0 Å². The van der Waals surface area contributed by atoms with E-state index >= 15 is 0 Å². The molecule has 2 fully saturated rings. The minimum absolute atomic E-state index is 0.0561. The lowest BCUT2D eigenvalue weighted by molar-refractivity contribution is -0.119. The van der Waals surface area contributed by atoms with Gasteiger partial charge < -0.3 is 19.9 Å². The normalized spacial score (nSPS) is 19.3. The van der Waals surface area contributed by atoms with Crippen LogP contribution in [0.5, 0.6) is 0 Å². The third-order valence-corrected chi connectivity index (χ3v) is 5.56. The first-order valence-corrected chi connectivity index (χ1v) is 10.2. The summed E-state index contributed by atoms with van der Waals surface area (Å²) in [6.07, 6.45) is 1.54. The minimum Gasteiger partial charge on any atom is -0.378 e. The second kappa shape index (κ2) is 8.66. The summed E-state index contributed by atoms with van der Waals surface area (Å²) in [7, 11) is 0. The highest BCUT2D eigenvalue weighted by Gasteiger charge is 2.36. The van der Waals surface area contributed by atoms with Crippen molar-refractivity contribution in [2.45, 2.75) is 25.8 Å². The molecule has 2 saturated heterocycles. The molecule has 0 unspecified atom stereocenters. The highest BCUT2D eigenvalue weighted by atomic mass is 16.5. The summed E-state index contributed by atoms with van der Waals surface area (Å²) in [5.41, 5.74) is 4.12. The van der Waals surface area contributed by atoms with Gasteiger partial charge in [0.1, 0.15) is 6.04 Å². The quantitative estimate of drug-likeness (QED) is 0.868. The molecule has 0 saturated carbocycles. The summed E-state index contributed by atoms with van der Waals surface area (Å²) in [5, 5.41) is 3.02. The Morgan fingerprint density at radius 2 is 1.72 bits per heavy atom. The van der Waals surface area contributed by atoms with Crippen molar-refractivity contribution in [3.63, 3.8) is 0 Å². The zero-order valence-corrected chi connectivity index (χ0v) is 16.8. The molecule has 0 bridgehead atoms. The van der Waals surface area contributed by atoms with E-state index in [0.717, 1.165) is 23.2 Å². The van der Waals surface area contributed by atoms with Crippen molar-refractivity contribution in [2.24, 2.45) is 0 Å². The van der Waals surface area contributed by atoms with Crippen molar-refractivity contribution in [3.05, 3.63) is 54.1 Å². The number of aryl methyl sites for hydroxylation is 1. The van der Waals surface area contributed by atoms with E-state index in [1.807, 2.05) is 30.3 Å². The number of rotatable bonds is 3. The van der Waals surface area contributed by atoms with E-state index in [2.05, 4.69) is 30.4 Å². The number of carbonyl (C=O) groups excluding carboxylic acids is 2. The van der Waals surface area contributed by atoms with Gasteiger partial charge in [0, 0.05) is 25.3 Å². The zero-order chi connectivity index (χ0) is 20.2. The summed E-state index contributed by atoms with van der Waals surface area (Å²) in [4.78, 5) is 29.3. The molecule has 3 amide bonds. The number of nitrogens with one attached hydrogen (secondary N) is 1. The molecule has 2 aliphatic rings. The van der Waals surface area contributed by atoms with Gasteiger partial charge in [0.05, 0.1) is 13.2 Å². The Morgan fingerprint density at radius 3 is 2.48 bits per heavy atom. The van der Waals surface area contributed by atoms with Crippen LogP contribution in [0.4, 0.5) is 10.5 Å². The average Bonchev–Trinajstić information content (AvgIpc) is 3.24. The zero-order valence-electron chi connectivity index (χ0n) is 16.8. The van der Waals surface area contributed by atoms with Crippen LogP contribution < -0.4 is 5.32 Å². The van der Waals surface area contributed by atoms with Crippen LogP contribution in [-0.4, -0.2) is 60.6 Å². The lowest BCUT2D eigenvalue weighted by Crippen LogP contribution is -2.52. The molecule has 2 aliphatic heterocycles. The molecule has 6 heteroatoms. The maximum Gasteiger partial charge on any atom is 0.320 e. The average molecular weight is 393 g/mol. The number of benzene rings is 2. The monoisotopic (exact) mass is 393 g/mol. The van der Waals surface area contributed by atoms with E-state index in [4.69, 9.17) is 4.74 Å². The molecule has 0 radical (unpaired) electrons. The fourth-order valence-electron chi connectivity index (χ4n) is 4.03. The molecule has 4 rings (SSSR count). The molecule has 0 aromatic heterocycles. The van der Waals surface area contributed by atoms with Crippen molar-refractivity contribution in [3.8, 4) is 11.1 Å². The Hall–Kier alpha value is -2.86. The molecule has 6 nitrogen and oxygen atoms in total. The predicted molar refractivity (Wildman–Crippen MR) is 113 cm³/mol. The number of carbonyl (C=O) groups is 2. The van der Waals surface area contributed by atoms with Crippen LogP contribution in [0, 0.1) is 6.92 Å². The second-order valence-electron chi connectivity index (χ2n) is 7.67. The number of likely N-dealkylation sites (tertiary alicyclic amines) is 1. The molecule has 29 heavy (non-hydrogen) atoms. The maximum atomic E-state index is 13.0. The van der Waals surface area contributed by atoms with Crippen molar-refractivity contribution < 1.29 is 14.3 Å².